The van der Waals surface area contributed by atoms with Gasteiger partial charge >= 0.3 is 107 Å². The Bertz CT molecular complexity index is 4900. The Hall–Kier alpha value is -8.33. The fourth-order valence-electron chi connectivity index (χ4n) is 11.7. The maximum absolute atomic E-state index is 12.9. The van der Waals surface area contributed by atoms with E-state index < -0.39 is 158 Å². The van der Waals surface area contributed by atoms with Crippen LogP contribution in [0.1, 0.15) is 70.9 Å². The summed E-state index contributed by atoms with van der Waals surface area (Å²) in [6.07, 6.45) is 9.27. The van der Waals surface area contributed by atoms with Gasteiger partial charge in [-0.3, -0.25) is 62.8 Å². The Morgan fingerprint density at radius 3 is 0.921 bits per heavy atom. The van der Waals surface area contributed by atoms with Crippen LogP contribution < -0.4 is 131 Å². The van der Waals surface area contributed by atoms with Crippen molar-refractivity contribution in [2.75, 3.05) is 23.9 Å². The van der Waals surface area contributed by atoms with E-state index in [2.05, 4.69) is 20.9 Å². The number of carbonyl (C=O) groups excluding carboxylic acids is 9. The molecule has 9 atom stereocenters. The minimum Gasteiger partial charge on any atom is -0.870 e. The van der Waals surface area contributed by atoms with Gasteiger partial charge in [-0.05, 0) is 34.4 Å². The zero-order valence-corrected chi connectivity index (χ0v) is 70.1. The first-order chi connectivity index (χ1) is 51.4. The Kier molecular flexibility index (Phi) is 36.1. The third-order valence-electron chi connectivity index (χ3n) is 16.8. The molecule has 114 heavy (non-hydrogen) atoms. The fourth-order valence-corrected chi connectivity index (χ4v) is 18.2. The number of thioether (sulfide) groups is 3. The number of primary amides is 3. The van der Waals surface area contributed by atoms with Gasteiger partial charge in [-0.15, -0.1) is 35.3 Å². The number of pyridine rings is 3. The van der Waals surface area contributed by atoms with Gasteiger partial charge in [0.2, 0.25) is 35.4 Å². The van der Waals surface area contributed by atoms with Crippen LogP contribution in [0.15, 0.2) is 198 Å². The molecule has 9 heterocycles. The van der Waals surface area contributed by atoms with Gasteiger partial charge in [0.25, 0.3) is 17.7 Å². The molecule has 9 amide bonds. The number of β-lactam (4-membered cyclic amide) rings is 3. The largest absolute Gasteiger partial charge is 1.00 e. The van der Waals surface area contributed by atoms with Crippen molar-refractivity contribution in [1.29, 1.82) is 0 Å². The van der Waals surface area contributed by atoms with Crippen molar-refractivity contribution < 1.29 is 220 Å². The van der Waals surface area contributed by atoms with E-state index >= 15 is 0 Å². The maximum Gasteiger partial charge on any atom is 1.00 e. The number of benzene rings is 3. The van der Waals surface area contributed by atoms with Gasteiger partial charge in [0.1, 0.15) is 81.7 Å². The molecule has 0 spiro atoms. The van der Waals surface area contributed by atoms with E-state index in [9.17, 15) is 117 Å². The number of rotatable bonds is 23. The van der Waals surface area contributed by atoms with E-state index in [1.807, 2.05) is 0 Å². The molecule has 47 heteroatoms. The summed E-state index contributed by atoms with van der Waals surface area (Å²) in [5, 5.41) is 36.6. The molecule has 14 N–H and O–H groups in total. The average Bonchev–Trinajstić information content (AvgIpc) is 0.749. The molecule has 588 valence electrons. The molecule has 0 aliphatic carbocycles. The number of hydrogen-bond acceptors (Lipinski definition) is 27. The van der Waals surface area contributed by atoms with Gasteiger partial charge < -0.3 is 72.7 Å². The average molecular weight is 1720 g/mol. The van der Waals surface area contributed by atoms with Gasteiger partial charge in [-0.25, -0.2) is 48.8 Å². The van der Waals surface area contributed by atoms with Crippen LogP contribution in [0.25, 0.3) is 0 Å². The zero-order chi connectivity index (χ0) is 79.7. The van der Waals surface area contributed by atoms with Crippen LogP contribution in [0.4, 0.5) is 0 Å². The van der Waals surface area contributed by atoms with E-state index in [1.165, 1.54) is 133 Å². The third-order valence-corrected chi connectivity index (χ3v) is 24.0. The zero-order valence-electron chi connectivity index (χ0n) is 59.2. The Morgan fingerprint density at radius 2 is 0.693 bits per heavy atom. The van der Waals surface area contributed by atoms with Gasteiger partial charge in [0, 0.05) is 70.6 Å². The SMILES string of the molecule is C.NC(=O)c1cc[n+](CC2=C(C(=O)O)N3C(=O)[C@@H](NC(=O)[C@@H](c4ccccc4)S(=O)(=O)[O-])[C@H]3SC2)cc1.NC(=O)c1cc[n+](CC2=C(C(=O)O)N3C(=O)[C@@H](NC(=O)[C@@H](c4ccccc4)S(=O)(=O)[O-])[C@H]3SC2)cc1.NC(=O)c1ccncc1.O=C(O)C1=C(CO)CS[C@@H]2[C@H](NC(=O)[C@@H](c3ccccc3)S(=O)(=O)[O-])C(=O)N12.[Na+].[Na+].[Na+].[OH-]. The normalized spacial score (nSPS) is 19.1. The molecule has 38 nitrogen and oxygen atoms in total. The smallest absolute Gasteiger partial charge is 0.870 e. The first-order valence-corrected chi connectivity index (χ1v) is 39.0. The van der Waals surface area contributed by atoms with Crippen molar-refractivity contribution in [1.82, 2.24) is 35.6 Å². The number of nitrogens with zero attached hydrogens (tertiary/aromatic N) is 6. The van der Waals surface area contributed by atoms with Crippen LogP contribution >= 0.6 is 35.3 Å². The number of carbonyl (C=O) groups is 12. The van der Waals surface area contributed by atoms with Gasteiger partial charge in [0.05, 0.1) is 17.7 Å². The quantitative estimate of drug-likeness (QED) is 0.0123. The van der Waals surface area contributed by atoms with Crippen molar-refractivity contribution >= 4 is 137 Å². The molecule has 6 aromatic rings. The Labute approximate surface area is 728 Å². The molecule has 0 saturated carbocycles. The number of aromatic nitrogens is 3. The van der Waals surface area contributed by atoms with Crippen molar-refractivity contribution in [2.24, 2.45) is 17.2 Å². The van der Waals surface area contributed by atoms with Crippen LogP contribution in [0.2, 0.25) is 0 Å². The second kappa shape index (κ2) is 42.0. The summed E-state index contributed by atoms with van der Waals surface area (Å²) < 4.78 is 109. The van der Waals surface area contributed by atoms with E-state index in [-0.39, 0.29) is 182 Å². The first kappa shape index (κ1) is 98.0. The molecular weight excluding hydrogens is 1650 g/mol. The van der Waals surface area contributed by atoms with Crippen molar-refractivity contribution in [3.8, 4) is 0 Å². The van der Waals surface area contributed by atoms with Gasteiger partial charge in [-0.1, -0.05) is 98.4 Å². The first-order valence-electron chi connectivity index (χ1n) is 31.4. The third kappa shape index (κ3) is 22.9. The standard InChI is InChI=1S/2C22H20N4O8S2.C16H16N2O8S2.C6H6N2O.CH4.3Na.H2O/c2*23-18(27)13-6-8-25(9-7-13)10-14-11-35-21-15(20(29)26(21)16(14)22(30)31)24-19(28)17(36(32,33)34)12-4-2-1-3-5-12;19-6-9-7-27-15-10(14(21)18(15)11(9)16(22)23)17-13(20)12(28(24,25)26)8-4-2-1-3-5-8;7-6(9)5-1-3-8-4-2-5;;;;;/h2*1-9,15,17,21H,10-11H2,(H4-,23,24,27,28,30,31,32,33,34);1-5,10,12,15,19H,6-7H2,(H,17,20)(H,22,23)(H,24,25,26);1-4H,(H2,7,9);1H4;;;;1H2/q;;;;;3*+1;/p-2/t2*15-,17-,21-;10-,12-,15-;;;;;;/m111....../s1. The van der Waals surface area contributed by atoms with Crippen molar-refractivity contribution in [2.45, 2.75) is 70.5 Å². The molecule has 3 saturated heterocycles. The molecule has 0 bridgehead atoms. The molecule has 3 aromatic carbocycles. The number of amides is 9. The predicted molar refractivity (Wildman–Crippen MR) is 385 cm³/mol. The topological polar surface area (TPSA) is 632 Å². The second-order valence-electron chi connectivity index (χ2n) is 23.8. The number of aliphatic carboxylic acids is 3. The minimum atomic E-state index is -5.10. The van der Waals surface area contributed by atoms with Crippen LogP contribution in [0, 0.1) is 0 Å². The van der Waals surface area contributed by atoms with Crippen LogP contribution in [-0.2, 0) is 86.6 Å². The molecule has 3 fully saturated rings. The van der Waals surface area contributed by atoms with Crippen LogP contribution in [0.3, 0.4) is 0 Å². The number of nitrogens with one attached hydrogen (secondary N) is 3. The maximum atomic E-state index is 12.9. The summed E-state index contributed by atoms with van der Waals surface area (Å²) in [5.74, 6) is -10.9. The predicted octanol–water partition coefficient (Wildman–Crippen LogP) is -11.1. The van der Waals surface area contributed by atoms with E-state index in [0.717, 1.165) is 26.5 Å². The Morgan fingerprint density at radius 1 is 0.447 bits per heavy atom. The molecule has 12 rings (SSSR count). The van der Waals surface area contributed by atoms with Gasteiger partial charge in [0.15, 0.2) is 53.6 Å². The number of carboxylic acids is 3. The van der Waals surface area contributed by atoms with Gasteiger partial charge in [-0.2, -0.15) is 0 Å². The van der Waals surface area contributed by atoms with E-state index in [4.69, 9.17) is 17.2 Å². The van der Waals surface area contributed by atoms with Crippen LogP contribution in [-0.4, -0.2) is 214 Å². The summed E-state index contributed by atoms with van der Waals surface area (Å²) in [4.78, 5) is 151. The molecular formula is C67H66N12Na3O26S6+. The molecule has 6 aliphatic heterocycles. The summed E-state index contributed by atoms with van der Waals surface area (Å²) in [6, 6.07) is 26.9. The van der Waals surface area contributed by atoms with Crippen molar-refractivity contribution in [3.63, 3.8) is 0 Å². The number of aliphatic hydroxyl groups excluding tert-OH is 1. The Balaban J connectivity index is 0.000000336. The second-order valence-corrected chi connectivity index (χ2v) is 31.5. The summed E-state index contributed by atoms with van der Waals surface area (Å²) in [5.41, 5.74) is 16.5. The summed E-state index contributed by atoms with van der Waals surface area (Å²) >= 11 is 3.50. The summed E-state index contributed by atoms with van der Waals surface area (Å²) in [7, 11) is -15.3. The molecule has 6 aliphatic rings. The molecule has 0 unspecified atom stereocenters. The van der Waals surface area contributed by atoms with Crippen molar-refractivity contribution in [3.05, 3.63) is 232 Å². The number of carboxylic acid groups (broad SMARTS) is 3. The molecule has 0 radical (unpaired) electrons. The fraction of sp³-hybridized carbons (Fsp3) is 0.239. The number of nitrogens with two attached hydrogens (primary N) is 3. The number of aliphatic hydroxyl groups is 1. The van der Waals surface area contributed by atoms with E-state index in [0.29, 0.717) is 16.7 Å². The molecule has 3 aromatic heterocycles. The number of fused-ring (bicyclic) bond motifs is 3. The van der Waals surface area contributed by atoms with Crippen LogP contribution in [0.5, 0.6) is 0 Å². The van der Waals surface area contributed by atoms with E-state index in [1.54, 1.807) is 64.3 Å². The number of hydrogen-bond donors (Lipinski definition) is 10. The summed E-state index contributed by atoms with van der Waals surface area (Å²) in [6.45, 7) is -0.302. The minimum absolute atomic E-state index is 0. The monoisotopic (exact) mass is 1720 g/mol.